The van der Waals surface area contributed by atoms with Crippen molar-refractivity contribution in [2.24, 2.45) is 5.92 Å². The van der Waals surface area contributed by atoms with Gasteiger partial charge in [-0.25, -0.2) is 0 Å². The van der Waals surface area contributed by atoms with Gasteiger partial charge in [0.1, 0.15) is 6.54 Å². The number of carbonyl (C=O) groups is 2. The average molecular weight is 231 g/mol. The Labute approximate surface area is 94.3 Å². The normalized spacial score (nSPS) is 20.0. The molecule has 0 N–H and O–H groups in total. The minimum atomic E-state index is -0.334. The highest BCUT2D eigenvalue weighted by atomic mass is 32.2. The fraction of sp³-hybridized carbons (Fsp3) is 0.800. The molecule has 0 aromatic heterocycles. The van der Waals surface area contributed by atoms with Crippen LogP contribution in [0.2, 0.25) is 0 Å². The van der Waals surface area contributed by atoms with Crippen molar-refractivity contribution in [1.82, 2.24) is 4.90 Å². The van der Waals surface area contributed by atoms with Crippen LogP contribution in [-0.2, 0) is 14.3 Å². The van der Waals surface area contributed by atoms with Gasteiger partial charge in [-0.1, -0.05) is 0 Å². The van der Waals surface area contributed by atoms with E-state index in [4.69, 9.17) is 4.74 Å². The fourth-order valence-electron chi connectivity index (χ4n) is 1.52. The number of esters is 1. The molecule has 1 amide bonds. The molecule has 1 aliphatic heterocycles. The number of thioether (sulfide) groups is 1. The van der Waals surface area contributed by atoms with Crippen LogP contribution in [0.1, 0.15) is 13.3 Å². The Kier molecular flexibility index (Phi) is 4.94. The van der Waals surface area contributed by atoms with Crippen LogP contribution in [0.4, 0.5) is 0 Å². The van der Waals surface area contributed by atoms with E-state index in [0.29, 0.717) is 6.61 Å². The van der Waals surface area contributed by atoms with Crippen LogP contribution in [0.15, 0.2) is 0 Å². The van der Waals surface area contributed by atoms with Gasteiger partial charge in [0.25, 0.3) is 0 Å². The summed E-state index contributed by atoms with van der Waals surface area (Å²) in [5.74, 6) is 1.75. The molecule has 4 nitrogen and oxygen atoms in total. The van der Waals surface area contributed by atoms with Gasteiger partial charge in [0.2, 0.25) is 5.91 Å². The van der Waals surface area contributed by atoms with Crippen molar-refractivity contribution >= 4 is 23.6 Å². The standard InChI is InChI=1S/C10H17NO3S/c1-3-14-9(12)6-11(2)10(13)8-4-5-15-7-8/h8H,3-7H2,1-2H3. The second-order valence-electron chi connectivity index (χ2n) is 3.56. The quantitative estimate of drug-likeness (QED) is 0.670. The molecule has 0 aromatic carbocycles. The third-order valence-corrected chi connectivity index (χ3v) is 3.49. The minimum Gasteiger partial charge on any atom is -0.465 e. The van der Waals surface area contributed by atoms with E-state index in [0.717, 1.165) is 17.9 Å². The van der Waals surface area contributed by atoms with E-state index in [1.165, 1.54) is 4.90 Å². The van der Waals surface area contributed by atoms with Crippen LogP contribution in [-0.4, -0.2) is 48.5 Å². The highest BCUT2D eigenvalue weighted by molar-refractivity contribution is 7.99. The summed E-state index contributed by atoms with van der Waals surface area (Å²) >= 11 is 1.79. The van der Waals surface area contributed by atoms with Gasteiger partial charge < -0.3 is 9.64 Å². The lowest BCUT2D eigenvalue weighted by molar-refractivity contribution is -0.149. The van der Waals surface area contributed by atoms with Gasteiger partial charge in [0.15, 0.2) is 0 Å². The second kappa shape index (κ2) is 6.00. The first-order valence-electron chi connectivity index (χ1n) is 5.13. The molecule has 15 heavy (non-hydrogen) atoms. The summed E-state index contributed by atoms with van der Waals surface area (Å²) in [6.07, 6.45) is 0.927. The van der Waals surface area contributed by atoms with Crippen molar-refractivity contribution in [2.45, 2.75) is 13.3 Å². The summed E-state index contributed by atoms with van der Waals surface area (Å²) in [6, 6.07) is 0. The van der Waals surface area contributed by atoms with E-state index >= 15 is 0 Å². The zero-order valence-electron chi connectivity index (χ0n) is 9.19. The molecule has 0 radical (unpaired) electrons. The zero-order valence-corrected chi connectivity index (χ0v) is 10.0. The van der Waals surface area contributed by atoms with Crippen molar-refractivity contribution in [1.29, 1.82) is 0 Å². The predicted octanol–water partition coefficient (Wildman–Crippen LogP) is 0.761. The summed E-state index contributed by atoms with van der Waals surface area (Å²) in [6.45, 7) is 2.18. The molecule has 1 rings (SSSR count). The van der Waals surface area contributed by atoms with Gasteiger partial charge in [-0.2, -0.15) is 11.8 Å². The fourth-order valence-corrected chi connectivity index (χ4v) is 2.73. The molecule has 1 aliphatic rings. The number of hydrogen-bond donors (Lipinski definition) is 0. The molecular formula is C10H17NO3S. The lowest BCUT2D eigenvalue weighted by Gasteiger charge is -2.19. The maximum Gasteiger partial charge on any atom is 0.325 e. The van der Waals surface area contributed by atoms with E-state index < -0.39 is 0 Å². The number of hydrogen-bond acceptors (Lipinski definition) is 4. The first kappa shape index (κ1) is 12.4. The lowest BCUT2D eigenvalue weighted by Crippen LogP contribution is -2.37. The van der Waals surface area contributed by atoms with Crippen LogP contribution in [0.3, 0.4) is 0 Å². The van der Waals surface area contributed by atoms with Crippen molar-refractivity contribution < 1.29 is 14.3 Å². The molecule has 86 valence electrons. The Morgan fingerprint density at radius 1 is 1.53 bits per heavy atom. The Balaban J connectivity index is 2.35. The molecule has 0 bridgehead atoms. The largest absolute Gasteiger partial charge is 0.465 e. The molecule has 5 heteroatoms. The van der Waals surface area contributed by atoms with E-state index in [1.54, 1.807) is 25.7 Å². The molecule has 0 aromatic rings. The molecule has 0 aliphatic carbocycles. The van der Waals surface area contributed by atoms with Crippen LogP contribution in [0.5, 0.6) is 0 Å². The van der Waals surface area contributed by atoms with Crippen molar-refractivity contribution in [3.8, 4) is 0 Å². The molecular weight excluding hydrogens is 214 g/mol. The van der Waals surface area contributed by atoms with Crippen LogP contribution in [0.25, 0.3) is 0 Å². The van der Waals surface area contributed by atoms with E-state index in [1.807, 2.05) is 0 Å². The Bertz CT molecular complexity index is 239. The summed E-state index contributed by atoms with van der Waals surface area (Å²) in [5, 5.41) is 0. The molecule has 1 fully saturated rings. The minimum absolute atomic E-state index is 0.0630. The number of ether oxygens (including phenoxy) is 1. The summed E-state index contributed by atoms with van der Waals surface area (Å²) in [4.78, 5) is 24.4. The van der Waals surface area contributed by atoms with Gasteiger partial charge >= 0.3 is 5.97 Å². The van der Waals surface area contributed by atoms with E-state index in [-0.39, 0.29) is 24.3 Å². The van der Waals surface area contributed by atoms with Gasteiger partial charge in [-0.15, -0.1) is 0 Å². The van der Waals surface area contributed by atoms with Crippen LogP contribution >= 0.6 is 11.8 Å². The maximum atomic E-state index is 11.8. The number of carbonyl (C=O) groups excluding carboxylic acids is 2. The third-order valence-electron chi connectivity index (χ3n) is 2.33. The van der Waals surface area contributed by atoms with Gasteiger partial charge in [-0.3, -0.25) is 9.59 Å². The highest BCUT2D eigenvalue weighted by Gasteiger charge is 2.26. The molecule has 0 spiro atoms. The first-order valence-corrected chi connectivity index (χ1v) is 6.29. The van der Waals surface area contributed by atoms with Gasteiger partial charge in [0.05, 0.1) is 6.61 Å². The van der Waals surface area contributed by atoms with E-state index in [2.05, 4.69) is 0 Å². The first-order chi connectivity index (χ1) is 7.15. The third kappa shape index (κ3) is 3.74. The smallest absolute Gasteiger partial charge is 0.325 e. The maximum absolute atomic E-state index is 11.8. The van der Waals surface area contributed by atoms with Crippen molar-refractivity contribution in [2.75, 3.05) is 31.7 Å². The summed E-state index contributed by atoms with van der Waals surface area (Å²) in [7, 11) is 1.66. The molecule has 0 saturated carbocycles. The number of nitrogens with zero attached hydrogens (tertiary/aromatic N) is 1. The molecule has 1 atom stereocenters. The Hall–Kier alpha value is -0.710. The van der Waals surface area contributed by atoms with Gasteiger partial charge in [-0.05, 0) is 19.1 Å². The highest BCUT2D eigenvalue weighted by Crippen LogP contribution is 2.24. The number of amides is 1. The summed E-state index contributed by atoms with van der Waals surface area (Å²) < 4.78 is 4.79. The molecule has 1 unspecified atom stereocenters. The van der Waals surface area contributed by atoms with Crippen LogP contribution in [0, 0.1) is 5.92 Å². The SMILES string of the molecule is CCOC(=O)CN(C)C(=O)C1CCSC1. The zero-order chi connectivity index (χ0) is 11.3. The van der Waals surface area contributed by atoms with Crippen molar-refractivity contribution in [3.05, 3.63) is 0 Å². The average Bonchev–Trinajstić information content (AvgIpc) is 2.69. The molecule has 1 heterocycles. The number of likely N-dealkylation sites (N-methyl/N-ethyl adjacent to an activating group) is 1. The molecule has 1 saturated heterocycles. The van der Waals surface area contributed by atoms with E-state index in [9.17, 15) is 9.59 Å². The number of rotatable bonds is 4. The lowest BCUT2D eigenvalue weighted by atomic mass is 10.1. The Morgan fingerprint density at radius 2 is 2.27 bits per heavy atom. The Morgan fingerprint density at radius 3 is 2.80 bits per heavy atom. The monoisotopic (exact) mass is 231 g/mol. The predicted molar refractivity (Wildman–Crippen MR) is 59.7 cm³/mol. The topological polar surface area (TPSA) is 46.6 Å². The second-order valence-corrected chi connectivity index (χ2v) is 4.71. The summed E-state index contributed by atoms with van der Waals surface area (Å²) in [5.41, 5.74) is 0. The van der Waals surface area contributed by atoms with Crippen molar-refractivity contribution in [3.63, 3.8) is 0 Å². The van der Waals surface area contributed by atoms with Gasteiger partial charge in [0, 0.05) is 18.7 Å². The van der Waals surface area contributed by atoms with Crippen LogP contribution < -0.4 is 0 Å².